The van der Waals surface area contributed by atoms with Gasteiger partial charge in [0.05, 0.1) is 5.04 Å². The molecule has 0 N–H and O–H groups in total. The van der Waals surface area contributed by atoms with Gasteiger partial charge in [-0.2, -0.15) is 0 Å². The van der Waals surface area contributed by atoms with Crippen LogP contribution in [-0.4, -0.2) is 11.3 Å². The van der Waals surface area contributed by atoms with Gasteiger partial charge in [0.1, 0.15) is 0 Å². The van der Waals surface area contributed by atoms with Gasteiger partial charge in [0, 0.05) is 5.70 Å². The zero-order valence-corrected chi connectivity index (χ0v) is 7.96. The number of aliphatic imine (C=N–C) groups is 1. The lowest BCUT2D eigenvalue weighted by molar-refractivity contribution is 0.763. The molecule has 0 fully saturated rings. The van der Waals surface area contributed by atoms with Crippen LogP contribution in [0.1, 0.15) is 20.8 Å². The van der Waals surface area contributed by atoms with E-state index < -0.39 is 0 Å². The normalized spacial score (nSPS) is 12.3. The standard InChI is InChI=1S/C8H15NS/c1-6(2)7(3)9-8(4)10-5/h6H,3H2,1-2,4-5H3. The summed E-state index contributed by atoms with van der Waals surface area (Å²) in [6.07, 6.45) is 2.02. The van der Waals surface area contributed by atoms with Crippen LogP contribution in [0.2, 0.25) is 0 Å². The molecule has 0 saturated carbocycles. The summed E-state index contributed by atoms with van der Waals surface area (Å²) in [5.41, 5.74) is 0.965. The van der Waals surface area contributed by atoms with Crippen LogP contribution in [-0.2, 0) is 0 Å². The molecule has 2 heteroatoms. The summed E-state index contributed by atoms with van der Waals surface area (Å²) >= 11 is 1.66. The van der Waals surface area contributed by atoms with Gasteiger partial charge in [-0.3, -0.25) is 4.99 Å². The molecule has 0 aliphatic carbocycles. The lowest BCUT2D eigenvalue weighted by Crippen LogP contribution is -1.91. The molecule has 0 atom stereocenters. The van der Waals surface area contributed by atoms with Gasteiger partial charge in [0.25, 0.3) is 0 Å². The monoisotopic (exact) mass is 157 g/mol. The fourth-order valence-corrected chi connectivity index (χ4v) is 0.586. The van der Waals surface area contributed by atoms with E-state index in [-0.39, 0.29) is 0 Å². The van der Waals surface area contributed by atoms with Gasteiger partial charge in [-0.05, 0) is 19.1 Å². The van der Waals surface area contributed by atoms with E-state index in [4.69, 9.17) is 0 Å². The first kappa shape index (κ1) is 9.76. The SMILES string of the molecule is C=C(N=C(C)SC)C(C)C. The highest BCUT2D eigenvalue weighted by atomic mass is 32.2. The molecule has 0 amide bonds. The molecular formula is C8H15NS. The summed E-state index contributed by atoms with van der Waals surface area (Å²) in [5.74, 6) is 0.460. The van der Waals surface area contributed by atoms with Gasteiger partial charge in [0.2, 0.25) is 0 Å². The van der Waals surface area contributed by atoms with Crippen molar-refractivity contribution in [1.82, 2.24) is 0 Å². The van der Waals surface area contributed by atoms with Gasteiger partial charge in [0.15, 0.2) is 0 Å². The molecule has 0 radical (unpaired) electrons. The minimum atomic E-state index is 0.460. The molecule has 0 aliphatic rings. The van der Waals surface area contributed by atoms with E-state index in [1.54, 1.807) is 11.8 Å². The number of nitrogens with zero attached hydrogens (tertiary/aromatic N) is 1. The minimum absolute atomic E-state index is 0.460. The fraction of sp³-hybridized carbons (Fsp3) is 0.625. The maximum atomic E-state index is 4.28. The van der Waals surface area contributed by atoms with Crippen LogP contribution in [0.25, 0.3) is 0 Å². The van der Waals surface area contributed by atoms with Crippen molar-refractivity contribution in [1.29, 1.82) is 0 Å². The van der Waals surface area contributed by atoms with Crippen LogP contribution in [0, 0.1) is 5.92 Å². The Morgan fingerprint density at radius 1 is 1.50 bits per heavy atom. The molecule has 1 nitrogen and oxygen atoms in total. The lowest BCUT2D eigenvalue weighted by Gasteiger charge is -2.03. The molecule has 0 rings (SSSR count). The van der Waals surface area contributed by atoms with Crippen LogP contribution in [0.3, 0.4) is 0 Å². The summed E-state index contributed by atoms with van der Waals surface area (Å²) < 4.78 is 0. The Morgan fingerprint density at radius 3 is 2.30 bits per heavy atom. The Bertz CT molecular complexity index is 147. The topological polar surface area (TPSA) is 12.4 Å². The van der Waals surface area contributed by atoms with Gasteiger partial charge in [-0.1, -0.05) is 20.4 Å². The van der Waals surface area contributed by atoms with Crippen molar-refractivity contribution in [3.63, 3.8) is 0 Å². The van der Waals surface area contributed by atoms with E-state index in [0.717, 1.165) is 10.7 Å². The minimum Gasteiger partial charge on any atom is -0.252 e. The van der Waals surface area contributed by atoms with E-state index in [2.05, 4.69) is 25.4 Å². The van der Waals surface area contributed by atoms with Crippen molar-refractivity contribution in [2.24, 2.45) is 10.9 Å². The largest absolute Gasteiger partial charge is 0.252 e. The number of rotatable bonds is 2. The van der Waals surface area contributed by atoms with Crippen LogP contribution >= 0.6 is 11.8 Å². The Hall–Kier alpha value is -0.240. The fourth-order valence-electron chi connectivity index (χ4n) is 0.377. The predicted octanol–water partition coefficient (Wildman–Crippen LogP) is 2.94. The lowest BCUT2D eigenvalue weighted by atomic mass is 10.2. The molecule has 0 saturated heterocycles. The van der Waals surface area contributed by atoms with E-state index in [1.165, 1.54) is 0 Å². The third-order valence-electron chi connectivity index (χ3n) is 1.26. The molecule has 0 heterocycles. The van der Waals surface area contributed by atoms with Crippen LogP contribution < -0.4 is 0 Å². The predicted molar refractivity (Wildman–Crippen MR) is 50.6 cm³/mol. The van der Waals surface area contributed by atoms with E-state index >= 15 is 0 Å². The highest BCUT2D eigenvalue weighted by Gasteiger charge is 1.96. The van der Waals surface area contributed by atoms with Crippen molar-refractivity contribution in [2.45, 2.75) is 20.8 Å². The number of thioether (sulfide) groups is 1. The summed E-state index contributed by atoms with van der Waals surface area (Å²) in [7, 11) is 0. The van der Waals surface area contributed by atoms with Crippen molar-refractivity contribution >= 4 is 16.8 Å². The van der Waals surface area contributed by atoms with Crippen molar-refractivity contribution < 1.29 is 0 Å². The highest BCUT2D eigenvalue weighted by molar-refractivity contribution is 8.13. The average molecular weight is 157 g/mol. The zero-order chi connectivity index (χ0) is 8.15. The van der Waals surface area contributed by atoms with E-state index in [1.807, 2.05) is 13.2 Å². The first-order chi connectivity index (χ1) is 4.57. The Kier molecular flexibility index (Phi) is 4.45. The molecule has 0 unspecified atom stereocenters. The van der Waals surface area contributed by atoms with Gasteiger partial charge in [-0.15, -0.1) is 11.8 Å². The second-order valence-corrected chi connectivity index (χ2v) is 3.48. The molecule has 0 bridgehead atoms. The number of hydrogen-bond acceptors (Lipinski definition) is 2. The summed E-state index contributed by atoms with van der Waals surface area (Å²) in [6.45, 7) is 10.0. The summed E-state index contributed by atoms with van der Waals surface area (Å²) in [6, 6.07) is 0. The van der Waals surface area contributed by atoms with Crippen LogP contribution in [0.4, 0.5) is 0 Å². The molecule has 0 aromatic rings. The Labute approximate surface area is 67.6 Å². The molecule has 0 aliphatic heterocycles. The second kappa shape index (κ2) is 4.56. The average Bonchev–Trinajstić information content (AvgIpc) is 1.87. The zero-order valence-electron chi connectivity index (χ0n) is 7.14. The quantitative estimate of drug-likeness (QED) is 0.443. The molecule has 0 spiro atoms. The Balaban J connectivity index is 4.00. The maximum Gasteiger partial charge on any atom is 0.0700 e. The van der Waals surface area contributed by atoms with E-state index in [9.17, 15) is 0 Å². The number of hydrogen-bond donors (Lipinski definition) is 0. The Morgan fingerprint density at radius 2 is 2.00 bits per heavy atom. The summed E-state index contributed by atoms with van der Waals surface area (Å²) in [5, 5.41) is 1.08. The van der Waals surface area contributed by atoms with Crippen molar-refractivity contribution in [2.75, 3.05) is 6.26 Å². The molecule has 10 heavy (non-hydrogen) atoms. The van der Waals surface area contributed by atoms with Gasteiger partial charge < -0.3 is 0 Å². The third-order valence-corrected chi connectivity index (χ3v) is 1.95. The molecular weight excluding hydrogens is 142 g/mol. The van der Waals surface area contributed by atoms with Crippen LogP contribution in [0.5, 0.6) is 0 Å². The second-order valence-electron chi connectivity index (χ2n) is 2.48. The summed E-state index contributed by atoms with van der Waals surface area (Å²) in [4.78, 5) is 4.28. The van der Waals surface area contributed by atoms with Crippen molar-refractivity contribution in [3.8, 4) is 0 Å². The van der Waals surface area contributed by atoms with Gasteiger partial charge in [-0.25, -0.2) is 0 Å². The van der Waals surface area contributed by atoms with Crippen LogP contribution in [0.15, 0.2) is 17.3 Å². The molecule has 0 aromatic carbocycles. The molecule has 58 valence electrons. The highest BCUT2D eigenvalue weighted by Crippen LogP contribution is 2.10. The first-order valence-corrected chi connectivity index (χ1v) is 4.58. The van der Waals surface area contributed by atoms with Crippen molar-refractivity contribution in [3.05, 3.63) is 12.3 Å². The first-order valence-electron chi connectivity index (χ1n) is 3.36. The van der Waals surface area contributed by atoms with Gasteiger partial charge >= 0.3 is 0 Å². The number of allylic oxidation sites excluding steroid dienone is 1. The third kappa shape index (κ3) is 3.72. The molecule has 0 aromatic heterocycles. The smallest absolute Gasteiger partial charge is 0.0700 e. The maximum absolute atomic E-state index is 4.28. The van der Waals surface area contributed by atoms with E-state index in [0.29, 0.717) is 5.92 Å².